The molecule has 2 aromatic rings. The van der Waals surface area contributed by atoms with Gasteiger partial charge in [0, 0.05) is 0 Å². The van der Waals surface area contributed by atoms with Gasteiger partial charge in [-0.3, -0.25) is 9.59 Å². The fraction of sp³-hybridized carbons (Fsp3) is 0.125. The minimum atomic E-state index is -0.559. The number of imide groups is 1. The van der Waals surface area contributed by atoms with Gasteiger partial charge in [-0.25, -0.2) is 4.90 Å². The van der Waals surface area contributed by atoms with Crippen LogP contribution in [-0.4, -0.2) is 11.8 Å². The van der Waals surface area contributed by atoms with E-state index in [1.54, 1.807) is 12.1 Å². The molecule has 0 aliphatic carbocycles. The third-order valence-corrected chi connectivity index (χ3v) is 5.52. The van der Waals surface area contributed by atoms with E-state index >= 15 is 0 Å². The molecular weight excluding hydrogens is 380 g/mol. The molecule has 3 nitrogen and oxygen atoms in total. The lowest BCUT2D eigenvalue weighted by atomic mass is 10.1. The number of hydrogen-bond donors (Lipinski definition) is 0. The number of amides is 2. The number of aryl methyl sites for hydroxylation is 1. The predicted octanol–water partition coefficient (Wildman–Crippen LogP) is 5.66. The number of nitrogens with zero attached hydrogens (tertiary/aromatic N) is 1. The molecule has 0 N–H and O–H groups in total. The molecule has 0 saturated carbocycles. The van der Waals surface area contributed by atoms with Gasteiger partial charge in [0.2, 0.25) is 0 Å². The minimum absolute atomic E-state index is 0.0121. The van der Waals surface area contributed by atoms with Crippen LogP contribution < -0.4 is 4.90 Å². The predicted molar refractivity (Wildman–Crippen MR) is 93.4 cm³/mol. The zero-order valence-electron chi connectivity index (χ0n) is 11.8. The molecule has 3 rings (SSSR count). The first-order valence-electron chi connectivity index (χ1n) is 6.72. The third-order valence-electron chi connectivity index (χ3n) is 3.71. The smallest absolute Gasteiger partial charge is 0.267 e. The first-order valence-corrected chi connectivity index (χ1v) is 8.23. The minimum Gasteiger partial charge on any atom is -0.268 e. The first kappa shape index (κ1) is 16.6. The average Bonchev–Trinajstić information content (AvgIpc) is 2.81. The Morgan fingerprint density at radius 3 is 1.78 bits per heavy atom. The molecule has 0 aromatic heterocycles. The fourth-order valence-corrected chi connectivity index (χ4v) is 3.61. The highest BCUT2D eigenvalue weighted by molar-refractivity contribution is 6.56. The number of carbonyl (C=O) groups is 2. The molecule has 118 valence electrons. The van der Waals surface area contributed by atoms with E-state index in [-0.39, 0.29) is 31.2 Å². The molecular formula is C16H9Cl4NO2. The Hall–Kier alpha value is -1.26. The lowest BCUT2D eigenvalue weighted by Crippen LogP contribution is -2.30. The molecule has 2 amide bonds. The van der Waals surface area contributed by atoms with E-state index in [9.17, 15) is 9.59 Å². The molecule has 23 heavy (non-hydrogen) atoms. The maximum absolute atomic E-state index is 12.8. The standard InChI is InChI=1S/C16H9Cl4NO2/c1-2-7-5-3-4-6-8(7)21-15(22)9-10(16(21)23)12(18)14(20)13(19)11(9)17/h3-6H,2H2,1H3. The largest absolute Gasteiger partial charge is 0.268 e. The van der Waals surface area contributed by atoms with Crippen LogP contribution in [0.4, 0.5) is 5.69 Å². The number of para-hydroxylation sites is 1. The monoisotopic (exact) mass is 387 g/mol. The lowest BCUT2D eigenvalue weighted by Gasteiger charge is -2.17. The second-order valence-corrected chi connectivity index (χ2v) is 6.45. The van der Waals surface area contributed by atoms with Crippen LogP contribution in [0.3, 0.4) is 0 Å². The first-order chi connectivity index (χ1) is 10.9. The van der Waals surface area contributed by atoms with Crippen LogP contribution in [0.15, 0.2) is 24.3 Å². The van der Waals surface area contributed by atoms with Crippen LogP contribution in [0.1, 0.15) is 33.2 Å². The van der Waals surface area contributed by atoms with E-state index in [2.05, 4.69) is 0 Å². The van der Waals surface area contributed by atoms with E-state index in [4.69, 9.17) is 46.4 Å². The normalized spacial score (nSPS) is 13.7. The van der Waals surface area contributed by atoms with Crippen molar-refractivity contribution in [1.82, 2.24) is 0 Å². The molecule has 1 aliphatic heterocycles. The number of hydrogen-bond acceptors (Lipinski definition) is 2. The van der Waals surface area contributed by atoms with Crippen molar-refractivity contribution in [2.45, 2.75) is 13.3 Å². The summed E-state index contributed by atoms with van der Waals surface area (Å²) in [5.74, 6) is -1.12. The molecule has 0 bridgehead atoms. The highest BCUT2D eigenvalue weighted by Crippen LogP contribution is 2.45. The van der Waals surface area contributed by atoms with Gasteiger partial charge < -0.3 is 0 Å². The van der Waals surface area contributed by atoms with Crippen LogP contribution in [0.25, 0.3) is 0 Å². The van der Waals surface area contributed by atoms with E-state index in [0.717, 1.165) is 10.5 Å². The Balaban J connectivity index is 2.27. The maximum atomic E-state index is 12.8. The summed E-state index contributed by atoms with van der Waals surface area (Å²) >= 11 is 24.3. The molecule has 0 fully saturated rings. The molecule has 0 spiro atoms. The van der Waals surface area contributed by atoms with Gasteiger partial charge in [0.15, 0.2) is 0 Å². The molecule has 0 saturated heterocycles. The van der Waals surface area contributed by atoms with Gasteiger partial charge in [-0.2, -0.15) is 0 Å². The number of carbonyl (C=O) groups excluding carboxylic acids is 2. The lowest BCUT2D eigenvalue weighted by molar-refractivity contribution is 0.0926. The van der Waals surface area contributed by atoms with Crippen molar-refractivity contribution in [3.8, 4) is 0 Å². The van der Waals surface area contributed by atoms with Gasteiger partial charge in [-0.05, 0) is 18.1 Å². The summed E-state index contributed by atoms with van der Waals surface area (Å²) in [6, 6.07) is 7.14. The van der Waals surface area contributed by atoms with Crippen molar-refractivity contribution < 1.29 is 9.59 Å². The number of rotatable bonds is 2. The summed E-state index contributed by atoms with van der Waals surface area (Å²) < 4.78 is 0. The second-order valence-electron chi connectivity index (χ2n) is 4.93. The molecule has 1 aliphatic rings. The molecule has 7 heteroatoms. The number of fused-ring (bicyclic) bond motifs is 1. The summed E-state index contributed by atoms with van der Waals surface area (Å²) in [7, 11) is 0. The summed E-state index contributed by atoms with van der Waals surface area (Å²) in [6.07, 6.45) is 0.659. The van der Waals surface area contributed by atoms with Gasteiger partial charge in [-0.15, -0.1) is 0 Å². The van der Waals surface area contributed by atoms with Crippen molar-refractivity contribution >= 4 is 63.9 Å². The molecule has 1 heterocycles. The Labute approximate surface area is 152 Å². The molecule has 2 aromatic carbocycles. The van der Waals surface area contributed by atoms with Crippen molar-refractivity contribution in [2.75, 3.05) is 4.90 Å². The fourth-order valence-electron chi connectivity index (χ4n) is 2.60. The number of anilines is 1. The highest BCUT2D eigenvalue weighted by Gasteiger charge is 2.42. The molecule has 0 radical (unpaired) electrons. The Morgan fingerprint density at radius 2 is 1.30 bits per heavy atom. The van der Waals surface area contributed by atoms with Crippen LogP contribution in [-0.2, 0) is 6.42 Å². The molecule has 0 atom stereocenters. The van der Waals surface area contributed by atoms with Crippen LogP contribution in [0, 0.1) is 0 Å². The van der Waals surface area contributed by atoms with Crippen molar-refractivity contribution in [2.24, 2.45) is 0 Å². The Kier molecular flexibility index (Phi) is 4.32. The average molecular weight is 389 g/mol. The topological polar surface area (TPSA) is 37.4 Å². The van der Waals surface area contributed by atoms with E-state index < -0.39 is 11.8 Å². The van der Waals surface area contributed by atoms with Gasteiger partial charge in [0.1, 0.15) is 0 Å². The SMILES string of the molecule is CCc1ccccc1N1C(=O)c2c(Cl)c(Cl)c(Cl)c(Cl)c2C1=O. The van der Waals surface area contributed by atoms with Crippen LogP contribution in [0.2, 0.25) is 20.1 Å². The number of halogens is 4. The Morgan fingerprint density at radius 1 is 0.826 bits per heavy atom. The van der Waals surface area contributed by atoms with Gasteiger partial charge >= 0.3 is 0 Å². The number of benzene rings is 2. The quantitative estimate of drug-likeness (QED) is 0.378. The van der Waals surface area contributed by atoms with Gasteiger partial charge in [0.25, 0.3) is 11.8 Å². The summed E-state index contributed by atoms with van der Waals surface area (Å²) in [4.78, 5) is 26.6. The van der Waals surface area contributed by atoms with Crippen LogP contribution >= 0.6 is 46.4 Å². The van der Waals surface area contributed by atoms with Crippen molar-refractivity contribution in [3.05, 3.63) is 61.0 Å². The third kappa shape index (κ3) is 2.34. The molecule has 0 unspecified atom stereocenters. The second kappa shape index (κ2) is 5.99. The van der Waals surface area contributed by atoms with Gasteiger partial charge in [-0.1, -0.05) is 71.5 Å². The Bertz CT molecular complexity index is 817. The zero-order valence-corrected chi connectivity index (χ0v) is 14.8. The zero-order chi connectivity index (χ0) is 16.9. The van der Waals surface area contributed by atoms with Crippen molar-refractivity contribution in [1.29, 1.82) is 0 Å². The van der Waals surface area contributed by atoms with Crippen LogP contribution in [0.5, 0.6) is 0 Å². The van der Waals surface area contributed by atoms with E-state index in [0.29, 0.717) is 12.1 Å². The highest BCUT2D eigenvalue weighted by atomic mass is 35.5. The summed E-state index contributed by atoms with van der Waals surface area (Å²) in [5.41, 5.74) is 1.33. The van der Waals surface area contributed by atoms with Crippen molar-refractivity contribution in [3.63, 3.8) is 0 Å². The van der Waals surface area contributed by atoms with Gasteiger partial charge in [0.05, 0.1) is 36.9 Å². The van der Waals surface area contributed by atoms with E-state index in [1.165, 1.54) is 0 Å². The van der Waals surface area contributed by atoms with E-state index in [1.807, 2.05) is 19.1 Å². The summed E-state index contributed by atoms with van der Waals surface area (Å²) in [6.45, 7) is 1.94. The summed E-state index contributed by atoms with van der Waals surface area (Å²) in [5, 5.41) is -0.204. The maximum Gasteiger partial charge on any atom is 0.267 e.